The van der Waals surface area contributed by atoms with Crippen LogP contribution in [0.5, 0.6) is 5.75 Å². The van der Waals surface area contributed by atoms with E-state index in [4.69, 9.17) is 9.84 Å². The zero-order chi connectivity index (χ0) is 13.3. The Kier molecular flexibility index (Phi) is 3.52. The first-order valence-corrected chi connectivity index (χ1v) is 5.83. The molecule has 1 fully saturated rings. The minimum absolute atomic E-state index is 0.0562. The molecule has 1 aromatic rings. The van der Waals surface area contributed by atoms with Crippen LogP contribution in [-0.4, -0.2) is 24.7 Å². The lowest BCUT2D eigenvalue weighted by atomic mass is 9.98. The van der Waals surface area contributed by atoms with Gasteiger partial charge in [0.15, 0.2) is 11.6 Å². The molecule has 1 aliphatic rings. The van der Waals surface area contributed by atoms with E-state index in [0.29, 0.717) is 18.5 Å². The van der Waals surface area contributed by atoms with Gasteiger partial charge in [0, 0.05) is 12.6 Å². The minimum atomic E-state index is -0.796. The molecule has 0 aromatic heterocycles. The smallest absolute Gasteiger partial charge is 0.307 e. The van der Waals surface area contributed by atoms with Crippen molar-refractivity contribution in [3.63, 3.8) is 0 Å². The first-order valence-electron chi connectivity index (χ1n) is 5.83. The largest absolute Gasteiger partial charge is 0.494 e. The number of carbonyl (C=O) groups is 1. The van der Waals surface area contributed by atoms with Crippen LogP contribution in [0.2, 0.25) is 0 Å². The summed E-state index contributed by atoms with van der Waals surface area (Å²) in [7, 11) is 1.42. The molecule has 2 atom stereocenters. The Morgan fingerprint density at radius 1 is 1.56 bits per heavy atom. The van der Waals surface area contributed by atoms with Gasteiger partial charge in [-0.1, -0.05) is 6.07 Å². The van der Waals surface area contributed by atoms with Gasteiger partial charge >= 0.3 is 5.97 Å². The molecule has 0 aliphatic carbocycles. The number of hydrogen-bond acceptors (Lipinski definition) is 3. The van der Waals surface area contributed by atoms with Gasteiger partial charge in [0.1, 0.15) is 0 Å². The van der Waals surface area contributed by atoms with E-state index in [1.807, 2.05) is 0 Å². The van der Waals surface area contributed by atoms with Gasteiger partial charge < -0.3 is 15.2 Å². The van der Waals surface area contributed by atoms with Crippen LogP contribution in [0.25, 0.3) is 0 Å². The van der Waals surface area contributed by atoms with Crippen molar-refractivity contribution < 1.29 is 19.0 Å². The fraction of sp³-hybridized carbons (Fsp3) is 0.462. The van der Waals surface area contributed by atoms with Crippen molar-refractivity contribution >= 4 is 5.97 Å². The maximum Gasteiger partial charge on any atom is 0.307 e. The number of carboxylic acids is 1. The van der Waals surface area contributed by atoms with Crippen LogP contribution >= 0.6 is 0 Å². The van der Waals surface area contributed by atoms with E-state index in [2.05, 4.69) is 5.32 Å². The van der Waals surface area contributed by atoms with Crippen LogP contribution in [0, 0.1) is 18.7 Å². The molecule has 0 radical (unpaired) electrons. The van der Waals surface area contributed by atoms with E-state index in [9.17, 15) is 9.18 Å². The Morgan fingerprint density at radius 3 is 2.83 bits per heavy atom. The fourth-order valence-electron chi connectivity index (χ4n) is 2.29. The zero-order valence-electron chi connectivity index (χ0n) is 10.4. The summed E-state index contributed by atoms with van der Waals surface area (Å²) < 4.78 is 18.6. The topological polar surface area (TPSA) is 58.6 Å². The molecule has 98 valence electrons. The number of methoxy groups -OCH3 is 1. The number of benzene rings is 1. The molecular weight excluding hydrogens is 237 g/mol. The quantitative estimate of drug-likeness (QED) is 0.863. The van der Waals surface area contributed by atoms with Gasteiger partial charge in [-0.3, -0.25) is 4.79 Å². The average Bonchev–Trinajstić information content (AvgIpc) is 2.82. The van der Waals surface area contributed by atoms with Crippen LogP contribution in [0.15, 0.2) is 12.1 Å². The third-order valence-electron chi connectivity index (χ3n) is 3.35. The number of nitrogens with one attached hydrogen (secondary N) is 1. The first kappa shape index (κ1) is 12.8. The predicted octanol–water partition coefficient (Wildman–Crippen LogP) is 1.88. The summed E-state index contributed by atoms with van der Waals surface area (Å²) in [4.78, 5) is 10.9. The maximum atomic E-state index is 13.6. The fourth-order valence-corrected chi connectivity index (χ4v) is 2.29. The molecular formula is C13H16FNO3. The molecule has 18 heavy (non-hydrogen) atoms. The zero-order valence-corrected chi connectivity index (χ0v) is 10.4. The summed E-state index contributed by atoms with van der Waals surface area (Å²) in [6.45, 7) is 2.11. The number of ether oxygens (including phenoxy) is 1. The van der Waals surface area contributed by atoms with Crippen molar-refractivity contribution in [3.05, 3.63) is 29.1 Å². The van der Waals surface area contributed by atoms with E-state index in [0.717, 1.165) is 5.56 Å². The van der Waals surface area contributed by atoms with Crippen molar-refractivity contribution in [1.29, 1.82) is 0 Å². The highest BCUT2D eigenvalue weighted by atomic mass is 19.1. The van der Waals surface area contributed by atoms with Gasteiger partial charge in [-0.15, -0.1) is 0 Å². The summed E-state index contributed by atoms with van der Waals surface area (Å²) in [5, 5.41) is 12.1. The highest BCUT2D eigenvalue weighted by molar-refractivity contribution is 5.70. The minimum Gasteiger partial charge on any atom is -0.494 e. The van der Waals surface area contributed by atoms with Gasteiger partial charge in [-0.2, -0.15) is 0 Å². The molecule has 0 bridgehead atoms. The summed E-state index contributed by atoms with van der Waals surface area (Å²) in [5.74, 6) is -1.35. The van der Waals surface area contributed by atoms with Crippen molar-refractivity contribution in [2.24, 2.45) is 5.92 Å². The number of rotatable bonds is 3. The van der Waals surface area contributed by atoms with Crippen molar-refractivity contribution in [3.8, 4) is 5.75 Å². The maximum absolute atomic E-state index is 13.6. The van der Waals surface area contributed by atoms with Crippen molar-refractivity contribution in [1.82, 2.24) is 5.32 Å². The number of hydrogen-bond donors (Lipinski definition) is 2. The van der Waals surface area contributed by atoms with Crippen LogP contribution in [0.4, 0.5) is 4.39 Å². The summed E-state index contributed by atoms with van der Waals surface area (Å²) in [6.07, 6.45) is 0.517. The second-order valence-corrected chi connectivity index (χ2v) is 4.59. The molecule has 4 nitrogen and oxygen atoms in total. The van der Waals surface area contributed by atoms with Gasteiger partial charge in [-0.05, 0) is 30.5 Å². The summed E-state index contributed by atoms with van der Waals surface area (Å²) >= 11 is 0. The Balaban J connectivity index is 2.25. The van der Waals surface area contributed by atoms with Crippen LogP contribution in [-0.2, 0) is 4.79 Å². The lowest BCUT2D eigenvalue weighted by Crippen LogP contribution is -2.17. The van der Waals surface area contributed by atoms with Crippen LogP contribution in [0.1, 0.15) is 23.6 Å². The normalized spacial score (nSPS) is 23.1. The molecule has 1 heterocycles. The standard InChI is InChI=1S/C13H16FNO3/c1-7-3-8(5-11(18-2)12(7)14)10-4-9(6-15-10)13(16)17/h3,5,9-10,15H,4,6H2,1-2H3,(H,16,17). The van der Waals surface area contributed by atoms with E-state index in [1.54, 1.807) is 19.1 Å². The van der Waals surface area contributed by atoms with Crippen LogP contribution < -0.4 is 10.1 Å². The highest BCUT2D eigenvalue weighted by Crippen LogP contribution is 2.32. The first-order chi connectivity index (χ1) is 8.52. The highest BCUT2D eigenvalue weighted by Gasteiger charge is 2.30. The summed E-state index contributed by atoms with van der Waals surface area (Å²) in [6, 6.07) is 3.31. The molecule has 2 N–H and O–H groups in total. The van der Waals surface area contributed by atoms with Gasteiger partial charge in [0.25, 0.3) is 0 Å². The second-order valence-electron chi connectivity index (χ2n) is 4.59. The Hall–Kier alpha value is -1.62. The molecule has 2 rings (SSSR count). The SMILES string of the molecule is COc1cc(C2CC(C(=O)O)CN2)cc(C)c1F. The molecule has 0 saturated carbocycles. The van der Waals surface area contributed by atoms with E-state index < -0.39 is 5.97 Å². The average molecular weight is 253 g/mol. The number of aliphatic carboxylic acids is 1. The Morgan fingerprint density at radius 2 is 2.28 bits per heavy atom. The lowest BCUT2D eigenvalue weighted by Gasteiger charge is -2.14. The number of carboxylic acid groups (broad SMARTS) is 1. The molecule has 1 aromatic carbocycles. The predicted molar refractivity (Wildman–Crippen MR) is 64.2 cm³/mol. The second kappa shape index (κ2) is 4.94. The third kappa shape index (κ3) is 2.31. The molecule has 2 unspecified atom stereocenters. The van der Waals surface area contributed by atoms with E-state index >= 15 is 0 Å². The monoisotopic (exact) mass is 253 g/mol. The molecule has 5 heteroatoms. The third-order valence-corrected chi connectivity index (χ3v) is 3.35. The molecule has 1 saturated heterocycles. The summed E-state index contributed by atoms with van der Waals surface area (Å²) in [5.41, 5.74) is 1.37. The van der Waals surface area contributed by atoms with E-state index in [-0.39, 0.29) is 23.5 Å². The number of halogens is 1. The Bertz CT molecular complexity index is 476. The van der Waals surface area contributed by atoms with Crippen molar-refractivity contribution in [2.75, 3.05) is 13.7 Å². The number of aryl methyl sites for hydroxylation is 1. The van der Waals surface area contributed by atoms with Crippen molar-refractivity contribution in [2.45, 2.75) is 19.4 Å². The molecule has 0 amide bonds. The van der Waals surface area contributed by atoms with Gasteiger partial charge in [0.2, 0.25) is 0 Å². The molecule has 1 aliphatic heterocycles. The van der Waals surface area contributed by atoms with E-state index in [1.165, 1.54) is 7.11 Å². The molecule has 0 spiro atoms. The Labute approximate surface area is 105 Å². The van der Waals surface area contributed by atoms with Gasteiger partial charge in [0.05, 0.1) is 13.0 Å². The van der Waals surface area contributed by atoms with Gasteiger partial charge in [-0.25, -0.2) is 4.39 Å². The van der Waals surface area contributed by atoms with Crippen LogP contribution in [0.3, 0.4) is 0 Å². The lowest BCUT2D eigenvalue weighted by molar-refractivity contribution is -0.141.